The van der Waals surface area contributed by atoms with E-state index >= 15 is 0 Å². The van der Waals surface area contributed by atoms with Gasteiger partial charge in [-0.05, 0) is 47.9 Å². The molecule has 1 aliphatic rings. The lowest BCUT2D eigenvalue weighted by molar-refractivity contribution is -0.134. The van der Waals surface area contributed by atoms with E-state index in [1.165, 1.54) is 0 Å². The largest absolute Gasteiger partial charge is 0.423 e. The summed E-state index contributed by atoms with van der Waals surface area (Å²) in [5.74, 6) is 0.0884. The minimum atomic E-state index is -0.0352. The molecule has 37 heavy (non-hydrogen) atoms. The van der Waals surface area contributed by atoms with Gasteiger partial charge in [-0.1, -0.05) is 36.4 Å². The van der Waals surface area contributed by atoms with Gasteiger partial charge in [0.05, 0.1) is 19.6 Å². The van der Waals surface area contributed by atoms with Crippen LogP contribution in [-0.2, 0) is 16.0 Å². The minimum absolute atomic E-state index is 0.0352. The first-order valence-electron chi connectivity index (χ1n) is 12.3. The summed E-state index contributed by atoms with van der Waals surface area (Å²) < 4.78 is 11.5. The number of nitrogens with zero attached hydrogens (tertiary/aromatic N) is 3. The molecule has 0 radical (unpaired) electrons. The van der Waals surface area contributed by atoms with Gasteiger partial charge in [-0.3, -0.25) is 9.59 Å². The Labute approximate surface area is 215 Å². The van der Waals surface area contributed by atoms with Crippen LogP contribution in [0.5, 0.6) is 0 Å². The third-order valence-corrected chi connectivity index (χ3v) is 6.51. The zero-order valence-corrected chi connectivity index (χ0v) is 21.3. The van der Waals surface area contributed by atoms with Crippen molar-refractivity contribution in [3.63, 3.8) is 0 Å². The molecule has 1 aromatic heterocycles. The van der Waals surface area contributed by atoms with Crippen LogP contribution in [0, 0.1) is 6.92 Å². The van der Waals surface area contributed by atoms with E-state index in [9.17, 15) is 9.59 Å². The second kappa shape index (κ2) is 10.4. The molecular weight excluding hydrogens is 468 g/mol. The van der Waals surface area contributed by atoms with Crippen molar-refractivity contribution >= 4 is 34.6 Å². The summed E-state index contributed by atoms with van der Waals surface area (Å²) in [5.41, 5.74) is 6.61. The average molecular weight is 499 g/mol. The Balaban J connectivity index is 1.33. The van der Waals surface area contributed by atoms with Crippen molar-refractivity contribution in [3.05, 3.63) is 77.4 Å². The Kier molecular flexibility index (Phi) is 6.92. The van der Waals surface area contributed by atoms with Crippen LogP contribution >= 0.6 is 0 Å². The van der Waals surface area contributed by atoms with Crippen molar-refractivity contribution in [1.29, 1.82) is 0 Å². The monoisotopic (exact) mass is 498 g/mol. The van der Waals surface area contributed by atoms with Gasteiger partial charge in [0.1, 0.15) is 5.52 Å². The van der Waals surface area contributed by atoms with Gasteiger partial charge in [-0.25, -0.2) is 0 Å². The van der Waals surface area contributed by atoms with Crippen molar-refractivity contribution in [2.75, 3.05) is 45.7 Å². The summed E-state index contributed by atoms with van der Waals surface area (Å²) in [7, 11) is 3.48. The van der Waals surface area contributed by atoms with Crippen LogP contribution in [0.3, 0.4) is 0 Å². The molecule has 190 valence electrons. The molecule has 1 fully saturated rings. The average Bonchev–Trinajstić information content (AvgIpc) is 3.32. The van der Waals surface area contributed by atoms with Gasteiger partial charge < -0.3 is 24.3 Å². The molecule has 0 saturated carbocycles. The van der Waals surface area contributed by atoms with Gasteiger partial charge in [0.25, 0.3) is 11.9 Å². The molecule has 0 spiro atoms. The predicted molar refractivity (Wildman–Crippen MR) is 143 cm³/mol. The Hall–Kier alpha value is -4.17. The molecule has 3 aromatic carbocycles. The summed E-state index contributed by atoms with van der Waals surface area (Å²) in [6, 6.07) is 19.8. The highest BCUT2D eigenvalue weighted by Crippen LogP contribution is 2.32. The van der Waals surface area contributed by atoms with Crippen LogP contribution in [0.4, 0.5) is 11.7 Å². The molecule has 5 rings (SSSR count). The van der Waals surface area contributed by atoms with Crippen molar-refractivity contribution in [3.8, 4) is 11.1 Å². The molecule has 1 aliphatic heterocycles. The fourth-order valence-corrected chi connectivity index (χ4v) is 4.48. The summed E-state index contributed by atoms with van der Waals surface area (Å²) in [6.07, 6.45) is 0.374. The Morgan fingerprint density at radius 3 is 2.49 bits per heavy atom. The molecule has 0 bridgehead atoms. The Morgan fingerprint density at radius 2 is 1.78 bits per heavy atom. The lowest BCUT2D eigenvalue weighted by Gasteiger charge is -2.26. The number of benzene rings is 3. The first-order valence-corrected chi connectivity index (χ1v) is 12.3. The number of hydrogen-bond donors (Lipinski definition) is 1. The van der Waals surface area contributed by atoms with Crippen LogP contribution in [0.2, 0.25) is 0 Å². The van der Waals surface area contributed by atoms with E-state index in [0.29, 0.717) is 49.9 Å². The van der Waals surface area contributed by atoms with Crippen molar-refractivity contribution in [1.82, 2.24) is 14.8 Å². The Bertz CT molecular complexity index is 1440. The zero-order chi connectivity index (χ0) is 25.9. The second-order valence-corrected chi connectivity index (χ2v) is 9.39. The maximum absolute atomic E-state index is 12.6. The van der Waals surface area contributed by atoms with E-state index in [0.717, 1.165) is 33.5 Å². The van der Waals surface area contributed by atoms with Crippen LogP contribution in [0.25, 0.3) is 22.2 Å². The molecule has 0 atom stereocenters. The van der Waals surface area contributed by atoms with Crippen molar-refractivity contribution in [2.24, 2.45) is 0 Å². The summed E-state index contributed by atoms with van der Waals surface area (Å²) in [5, 5.41) is 3.22. The van der Waals surface area contributed by atoms with E-state index < -0.39 is 0 Å². The number of carbonyl (C=O) groups is 2. The van der Waals surface area contributed by atoms with E-state index in [-0.39, 0.29) is 11.8 Å². The first-order chi connectivity index (χ1) is 17.9. The number of para-hydroxylation sites is 1. The number of nitrogens with one attached hydrogen (secondary N) is 1. The summed E-state index contributed by atoms with van der Waals surface area (Å²) in [4.78, 5) is 32.9. The number of morpholine rings is 1. The lowest BCUT2D eigenvalue weighted by Crippen LogP contribution is -2.41. The highest BCUT2D eigenvalue weighted by molar-refractivity contribution is 5.96. The lowest BCUT2D eigenvalue weighted by atomic mass is 10.0. The smallest absolute Gasteiger partial charge is 0.300 e. The van der Waals surface area contributed by atoms with E-state index in [1.54, 1.807) is 25.1 Å². The van der Waals surface area contributed by atoms with E-state index in [1.807, 2.05) is 66.4 Å². The number of oxazole rings is 1. The molecule has 1 saturated heterocycles. The quantitative estimate of drug-likeness (QED) is 0.416. The number of aromatic nitrogens is 1. The second-order valence-electron chi connectivity index (χ2n) is 9.39. The number of rotatable bonds is 6. The molecule has 8 nitrogen and oxygen atoms in total. The molecule has 4 aromatic rings. The number of fused-ring (bicyclic) bond motifs is 1. The highest BCUT2D eigenvalue weighted by atomic mass is 16.5. The third-order valence-electron chi connectivity index (χ3n) is 6.51. The summed E-state index contributed by atoms with van der Waals surface area (Å²) >= 11 is 0. The Morgan fingerprint density at radius 1 is 1.03 bits per heavy atom. The number of carbonyl (C=O) groups excluding carboxylic acids is 2. The number of amides is 2. The van der Waals surface area contributed by atoms with Crippen LogP contribution in [0.1, 0.15) is 21.5 Å². The van der Waals surface area contributed by atoms with Gasteiger partial charge in [0.2, 0.25) is 5.91 Å². The van der Waals surface area contributed by atoms with Crippen molar-refractivity contribution < 1.29 is 18.7 Å². The predicted octanol–water partition coefficient (Wildman–Crippen LogP) is 4.65. The number of anilines is 2. The maximum atomic E-state index is 12.6. The molecule has 8 heteroatoms. The highest BCUT2D eigenvalue weighted by Gasteiger charge is 2.18. The molecule has 1 N–H and O–H groups in total. The van der Waals surface area contributed by atoms with Crippen LogP contribution in [0.15, 0.2) is 65.1 Å². The third kappa shape index (κ3) is 5.34. The molecule has 0 aliphatic carbocycles. The normalized spacial score (nSPS) is 13.5. The van der Waals surface area contributed by atoms with Gasteiger partial charge in [0.15, 0.2) is 5.58 Å². The standard InChI is InChI=1S/C29H30N4O4/c1-19-17-22(11-12-23(19)28(35)32(2)3)30-29-31-25-6-4-5-24(27(25)37-29)21-9-7-20(8-10-21)18-26(34)33-13-15-36-16-14-33/h4-12,17H,13-16,18H2,1-3H3,(H,30,31). The van der Waals surface area contributed by atoms with Crippen LogP contribution in [-0.4, -0.2) is 67.0 Å². The molecule has 0 unspecified atom stereocenters. The number of aryl methyl sites for hydroxylation is 1. The molecule has 2 amide bonds. The maximum Gasteiger partial charge on any atom is 0.300 e. The van der Waals surface area contributed by atoms with Gasteiger partial charge in [-0.2, -0.15) is 4.98 Å². The molecule has 2 heterocycles. The first kappa shape index (κ1) is 24.5. The fourth-order valence-electron chi connectivity index (χ4n) is 4.48. The van der Waals surface area contributed by atoms with Gasteiger partial charge in [0, 0.05) is 44.0 Å². The number of hydrogen-bond acceptors (Lipinski definition) is 6. The number of ether oxygens (including phenoxy) is 1. The van der Waals surface area contributed by atoms with E-state index in [4.69, 9.17) is 9.15 Å². The minimum Gasteiger partial charge on any atom is -0.423 e. The van der Waals surface area contributed by atoms with Crippen molar-refractivity contribution in [2.45, 2.75) is 13.3 Å². The van der Waals surface area contributed by atoms with Gasteiger partial charge >= 0.3 is 0 Å². The molecular formula is C29H30N4O4. The summed E-state index contributed by atoms with van der Waals surface area (Å²) in [6.45, 7) is 4.41. The van der Waals surface area contributed by atoms with E-state index in [2.05, 4.69) is 10.3 Å². The SMILES string of the molecule is Cc1cc(Nc2nc3cccc(-c4ccc(CC(=O)N5CCOCC5)cc4)c3o2)ccc1C(=O)N(C)C. The van der Waals surface area contributed by atoms with Gasteiger partial charge in [-0.15, -0.1) is 0 Å². The fraction of sp³-hybridized carbons (Fsp3) is 0.276. The topological polar surface area (TPSA) is 87.9 Å². The zero-order valence-electron chi connectivity index (χ0n) is 21.3. The van der Waals surface area contributed by atoms with Crippen LogP contribution < -0.4 is 5.32 Å².